The van der Waals surface area contributed by atoms with Gasteiger partial charge in [0.25, 0.3) is 0 Å². The minimum absolute atomic E-state index is 0.279. The summed E-state index contributed by atoms with van der Waals surface area (Å²) in [5.41, 5.74) is 2.12. The van der Waals surface area contributed by atoms with E-state index in [0.717, 1.165) is 36.5 Å². The largest absolute Gasteiger partial charge is 0.391 e. The van der Waals surface area contributed by atoms with Gasteiger partial charge in [-0.25, -0.2) is 9.67 Å². The normalized spacial score (nSPS) is 17.1. The maximum atomic E-state index is 9.91. The molecule has 7 nitrogen and oxygen atoms in total. The number of hydrogen-bond acceptors (Lipinski definition) is 6. The molecule has 4 rings (SSSR count). The van der Waals surface area contributed by atoms with E-state index in [1.165, 1.54) is 0 Å². The Bertz CT molecular complexity index is 881. The minimum atomic E-state index is -0.279. The maximum absolute atomic E-state index is 9.91. The first-order chi connectivity index (χ1) is 13.2. The quantitative estimate of drug-likeness (QED) is 0.749. The van der Waals surface area contributed by atoms with Crippen LogP contribution >= 0.6 is 0 Å². The Labute approximate surface area is 158 Å². The van der Waals surface area contributed by atoms with E-state index in [2.05, 4.69) is 15.0 Å². The third-order valence-electron chi connectivity index (χ3n) is 4.77. The van der Waals surface area contributed by atoms with Crippen LogP contribution in [0.15, 0.2) is 55.0 Å². The van der Waals surface area contributed by atoms with Gasteiger partial charge in [0.05, 0.1) is 18.0 Å². The first-order valence-electron chi connectivity index (χ1n) is 9.25. The number of aromatic nitrogens is 4. The van der Waals surface area contributed by atoms with Gasteiger partial charge in [0.15, 0.2) is 0 Å². The molecule has 2 aromatic heterocycles. The van der Waals surface area contributed by atoms with Crippen molar-refractivity contribution in [1.82, 2.24) is 19.7 Å². The molecule has 0 saturated carbocycles. The zero-order chi connectivity index (χ0) is 18.6. The van der Waals surface area contributed by atoms with E-state index in [1.807, 2.05) is 65.4 Å². The van der Waals surface area contributed by atoms with Crippen LogP contribution in [0.5, 0.6) is 0 Å². The molecule has 0 aliphatic carbocycles. The van der Waals surface area contributed by atoms with Crippen molar-refractivity contribution in [2.75, 3.05) is 29.9 Å². The number of hydrogen-bond donors (Lipinski definition) is 1. The number of benzene rings is 1. The van der Waals surface area contributed by atoms with E-state index < -0.39 is 0 Å². The summed E-state index contributed by atoms with van der Waals surface area (Å²) in [6.45, 7) is 2.21. The average Bonchev–Trinajstić information content (AvgIpc) is 3.17. The fourth-order valence-electron chi connectivity index (χ4n) is 3.37. The van der Waals surface area contributed by atoms with Crippen LogP contribution in [-0.2, 0) is 6.54 Å². The lowest BCUT2D eigenvalue weighted by Crippen LogP contribution is -2.38. The van der Waals surface area contributed by atoms with Crippen molar-refractivity contribution in [2.45, 2.75) is 25.5 Å². The van der Waals surface area contributed by atoms with Crippen LogP contribution in [0.25, 0.3) is 5.69 Å². The fourth-order valence-corrected chi connectivity index (χ4v) is 3.37. The van der Waals surface area contributed by atoms with Crippen LogP contribution in [0.4, 0.5) is 11.8 Å². The topological polar surface area (TPSA) is 70.3 Å². The maximum Gasteiger partial charge on any atom is 0.227 e. The van der Waals surface area contributed by atoms with E-state index in [0.29, 0.717) is 19.0 Å². The molecule has 0 spiro atoms. The molecule has 0 unspecified atom stereocenters. The Balaban J connectivity index is 1.46. The summed E-state index contributed by atoms with van der Waals surface area (Å²) in [5, 5.41) is 14.4. The Morgan fingerprint density at radius 1 is 1.22 bits per heavy atom. The molecule has 1 aromatic carbocycles. The van der Waals surface area contributed by atoms with E-state index in [1.54, 1.807) is 6.20 Å². The van der Waals surface area contributed by atoms with Crippen molar-refractivity contribution in [3.8, 4) is 5.69 Å². The van der Waals surface area contributed by atoms with Gasteiger partial charge >= 0.3 is 0 Å². The van der Waals surface area contributed by atoms with Crippen molar-refractivity contribution in [1.29, 1.82) is 0 Å². The summed E-state index contributed by atoms with van der Waals surface area (Å²) >= 11 is 0. The third kappa shape index (κ3) is 4.09. The summed E-state index contributed by atoms with van der Waals surface area (Å²) in [7, 11) is 1.98. The predicted molar refractivity (Wildman–Crippen MR) is 105 cm³/mol. The summed E-state index contributed by atoms with van der Waals surface area (Å²) in [6, 6.07) is 12.0. The Morgan fingerprint density at radius 2 is 2.07 bits per heavy atom. The first kappa shape index (κ1) is 17.5. The number of para-hydroxylation sites is 1. The SMILES string of the molecule is CN(Cc1cnn(-c2ccccc2)c1)c1nccc(N2CCC[C@@H](O)C2)n1. The minimum Gasteiger partial charge on any atom is -0.391 e. The van der Waals surface area contributed by atoms with Crippen molar-refractivity contribution >= 4 is 11.8 Å². The number of anilines is 2. The lowest BCUT2D eigenvalue weighted by molar-refractivity contribution is 0.154. The molecule has 7 heteroatoms. The lowest BCUT2D eigenvalue weighted by atomic mass is 10.1. The molecule has 1 atom stereocenters. The number of nitrogens with zero attached hydrogens (tertiary/aromatic N) is 6. The monoisotopic (exact) mass is 364 g/mol. The Kier molecular flexibility index (Phi) is 5.02. The van der Waals surface area contributed by atoms with Crippen molar-refractivity contribution in [3.63, 3.8) is 0 Å². The number of aliphatic hydroxyl groups excluding tert-OH is 1. The number of piperidine rings is 1. The molecule has 0 bridgehead atoms. The van der Waals surface area contributed by atoms with E-state index in [4.69, 9.17) is 4.98 Å². The second-order valence-corrected chi connectivity index (χ2v) is 6.94. The van der Waals surface area contributed by atoms with Crippen LogP contribution in [0.1, 0.15) is 18.4 Å². The van der Waals surface area contributed by atoms with Crippen molar-refractivity contribution in [2.24, 2.45) is 0 Å². The molecule has 1 aliphatic heterocycles. The van der Waals surface area contributed by atoms with Gasteiger partial charge in [-0.2, -0.15) is 10.1 Å². The summed E-state index contributed by atoms with van der Waals surface area (Å²) in [5.74, 6) is 1.53. The van der Waals surface area contributed by atoms with Gasteiger partial charge in [-0.15, -0.1) is 0 Å². The summed E-state index contributed by atoms with van der Waals surface area (Å²) in [6.07, 6.45) is 7.24. The molecule has 3 heterocycles. The molecule has 0 radical (unpaired) electrons. The third-order valence-corrected chi connectivity index (χ3v) is 4.77. The van der Waals surface area contributed by atoms with Crippen molar-refractivity contribution in [3.05, 3.63) is 60.6 Å². The highest BCUT2D eigenvalue weighted by Crippen LogP contribution is 2.20. The molecule has 1 saturated heterocycles. The highest BCUT2D eigenvalue weighted by Gasteiger charge is 2.19. The van der Waals surface area contributed by atoms with Gasteiger partial charge in [0, 0.05) is 44.6 Å². The standard InChI is InChI=1S/C20H24N6O/c1-24(13-16-12-22-26(14-16)17-6-3-2-4-7-17)20-21-10-9-19(23-20)25-11-5-8-18(27)15-25/h2-4,6-7,9-10,12,14,18,27H,5,8,11,13,15H2,1H3/t18-/m1/s1. The second kappa shape index (κ2) is 7.75. The molecule has 140 valence electrons. The predicted octanol–water partition coefficient (Wildman–Crippen LogP) is 2.26. The van der Waals surface area contributed by atoms with Crippen LogP contribution in [0.3, 0.4) is 0 Å². The summed E-state index contributed by atoms with van der Waals surface area (Å²) < 4.78 is 1.87. The zero-order valence-corrected chi connectivity index (χ0v) is 15.4. The highest BCUT2D eigenvalue weighted by molar-refractivity contribution is 5.44. The van der Waals surface area contributed by atoms with Gasteiger partial charge in [0.2, 0.25) is 5.95 Å². The van der Waals surface area contributed by atoms with Crippen LogP contribution in [0.2, 0.25) is 0 Å². The molecule has 1 fully saturated rings. The van der Waals surface area contributed by atoms with Crippen LogP contribution in [0, 0.1) is 0 Å². The molecule has 1 aliphatic rings. The molecular formula is C20H24N6O. The Hall–Kier alpha value is -2.93. The number of aliphatic hydroxyl groups is 1. The van der Waals surface area contributed by atoms with Gasteiger partial charge in [-0.05, 0) is 31.0 Å². The fraction of sp³-hybridized carbons (Fsp3) is 0.350. The molecule has 0 amide bonds. The second-order valence-electron chi connectivity index (χ2n) is 6.94. The van der Waals surface area contributed by atoms with Gasteiger partial charge in [-0.1, -0.05) is 18.2 Å². The highest BCUT2D eigenvalue weighted by atomic mass is 16.3. The molecule has 3 aromatic rings. The smallest absolute Gasteiger partial charge is 0.227 e. The Morgan fingerprint density at radius 3 is 2.89 bits per heavy atom. The van der Waals surface area contributed by atoms with Crippen LogP contribution in [-0.4, -0.2) is 51.1 Å². The van der Waals surface area contributed by atoms with Crippen LogP contribution < -0.4 is 9.80 Å². The number of β-amino-alcohol motifs (C(OH)–C–C–N with tert-alkyl or cyclic N) is 1. The first-order valence-corrected chi connectivity index (χ1v) is 9.25. The van der Waals surface area contributed by atoms with E-state index in [9.17, 15) is 5.11 Å². The van der Waals surface area contributed by atoms with E-state index >= 15 is 0 Å². The zero-order valence-electron chi connectivity index (χ0n) is 15.4. The summed E-state index contributed by atoms with van der Waals surface area (Å²) in [4.78, 5) is 13.2. The van der Waals surface area contributed by atoms with Gasteiger partial charge < -0.3 is 14.9 Å². The lowest BCUT2D eigenvalue weighted by Gasteiger charge is -2.31. The average molecular weight is 364 g/mol. The van der Waals surface area contributed by atoms with Gasteiger partial charge in [0.1, 0.15) is 5.82 Å². The van der Waals surface area contributed by atoms with Gasteiger partial charge in [-0.3, -0.25) is 0 Å². The molecular weight excluding hydrogens is 340 g/mol. The number of rotatable bonds is 5. The van der Waals surface area contributed by atoms with Crippen molar-refractivity contribution < 1.29 is 5.11 Å². The van der Waals surface area contributed by atoms with E-state index in [-0.39, 0.29) is 6.10 Å². The molecule has 27 heavy (non-hydrogen) atoms. The molecule has 1 N–H and O–H groups in total.